The van der Waals surface area contributed by atoms with Gasteiger partial charge in [0.1, 0.15) is 0 Å². The molecule has 1 unspecified atom stereocenters. The topological polar surface area (TPSA) is 38.0 Å². The Kier molecular flexibility index (Phi) is 3.38. The molecule has 3 nitrogen and oxygen atoms in total. The smallest absolute Gasteiger partial charge is 0.396 e. The molecule has 1 aromatic heterocycles. The van der Waals surface area contributed by atoms with Crippen LogP contribution >= 0.6 is 0 Å². The molecule has 6 heteroatoms. The van der Waals surface area contributed by atoms with Crippen LogP contribution in [-0.4, -0.2) is 21.5 Å². The summed E-state index contributed by atoms with van der Waals surface area (Å²) in [5, 5.41) is 12.2. The first-order valence-electron chi connectivity index (χ1n) is 4.56. The Morgan fingerprint density at radius 3 is 2.53 bits per heavy atom. The molecule has 0 saturated carbocycles. The highest BCUT2D eigenvalue weighted by Gasteiger charge is 2.35. The largest absolute Gasteiger partial charge is 0.435 e. The van der Waals surface area contributed by atoms with Gasteiger partial charge in [0.15, 0.2) is 5.69 Å². The van der Waals surface area contributed by atoms with Crippen LogP contribution < -0.4 is 0 Å². The fourth-order valence-corrected chi connectivity index (χ4v) is 1.27. The van der Waals surface area contributed by atoms with Gasteiger partial charge in [-0.05, 0) is 18.4 Å². The standard InChI is InChI=1S/C9H13F3N2O/c1-6(5-15)3-14-4-7(2)8(13-14)9(10,11)12/h4,6,15H,3,5H2,1-2H3. The molecular weight excluding hydrogens is 209 g/mol. The van der Waals surface area contributed by atoms with Crippen molar-refractivity contribution in [3.05, 3.63) is 17.5 Å². The lowest BCUT2D eigenvalue weighted by atomic mass is 10.2. The number of hydrogen-bond acceptors (Lipinski definition) is 2. The van der Waals surface area contributed by atoms with Crippen LogP contribution in [0, 0.1) is 12.8 Å². The lowest BCUT2D eigenvalue weighted by molar-refractivity contribution is -0.142. The lowest BCUT2D eigenvalue weighted by Crippen LogP contribution is -2.13. The molecule has 0 fully saturated rings. The Balaban J connectivity index is 2.86. The van der Waals surface area contributed by atoms with Gasteiger partial charge in [0.05, 0.1) is 0 Å². The van der Waals surface area contributed by atoms with Crippen LogP contribution in [0.25, 0.3) is 0 Å². The quantitative estimate of drug-likeness (QED) is 0.847. The highest BCUT2D eigenvalue weighted by atomic mass is 19.4. The number of alkyl halides is 3. The fourth-order valence-electron chi connectivity index (χ4n) is 1.27. The molecule has 86 valence electrons. The average molecular weight is 222 g/mol. The molecule has 0 spiro atoms. The van der Waals surface area contributed by atoms with Gasteiger partial charge in [0.25, 0.3) is 0 Å². The van der Waals surface area contributed by atoms with Crippen molar-refractivity contribution in [1.29, 1.82) is 0 Å². The third kappa shape index (κ3) is 2.95. The van der Waals surface area contributed by atoms with Crippen LogP contribution in [-0.2, 0) is 12.7 Å². The van der Waals surface area contributed by atoms with Gasteiger partial charge in [-0.15, -0.1) is 0 Å². The van der Waals surface area contributed by atoms with Crippen molar-refractivity contribution in [1.82, 2.24) is 9.78 Å². The van der Waals surface area contributed by atoms with Crippen molar-refractivity contribution in [2.24, 2.45) is 5.92 Å². The number of rotatable bonds is 3. The van der Waals surface area contributed by atoms with Gasteiger partial charge in [-0.1, -0.05) is 6.92 Å². The SMILES string of the molecule is Cc1cn(CC(C)CO)nc1C(F)(F)F. The molecule has 0 aliphatic heterocycles. The molecular formula is C9H13F3N2O. The number of nitrogens with zero attached hydrogens (tertiary/aromatic N) is 2. The first kappa shape index (κ1) is 12.0. The molecule has 0 aliphatic rings. The third-order valence-electron chi connectivity index (χ3n) is 2.02. The maximum atomic E-state index is 12.4. The molecule has 0 radical (unpaired) electrons. The molecule has 1 rings (SSSR count). The highest BCUT2D eigenvalue weighted by Crippen LogP contribution is 2.30. The van der Waals surface area contributed by atoms with Crippen LogP contribution in [0.3, 0.4) is 0 Å². The second kappa shape index (κ2) is 4.22. The van der Waals surface area contributed by atoms with E-state index in [4.69, 9.17) is 5.11 Å². The highest BCUT2D eigenvalue weighted by molar-refractivity contribution is 5.17. The van der Waals surface area contributed by atoms with Crippen molar-refractivity contribution in [2.45, 2.75) is 26.6 Å². The number of aromatic nitrogens is 2. The number of hydrogen-bond donors (Lipinski definition) is 1. The van der Waals surface area contributed by atoms with Crippen LogP contribution in [0.5, 0.6) is 0 Å². The first-order chi connectivity index (χ1) is 6.84. The van der Waals surface area contributed by atoms with E-state index in [-0.39, 0.29) is 24.6 Å². The zero-order valence-corrected chi connectivity index (χ0v) is 8.54. The Hall–Kier alpha value is -1.04. The van der Waals surface area contributed by atoms with Crippen molar-refractivity contribution in [2.75, 3.05) is 6.61 Å². The van der Waals surface area contributed by atoms with Gasteiger partial charge >= 0.3 is 6.18 Å². The molecule has 1 heterocycles. The van der Waals surface area contributed by atoms with Crippen LogP contribution in [0.4, 0.5) is 13.2 Å². The van der Waals surface area contributed by atoms with Crippen LogP contribution in [0.15, 0.2) is 6.20 Å². The number of aliphatic hydroxyl groups excluding tert-OH is 1. The summed E-state index contributed by atoms with van der Waals surface area (Å²) < 4.78 is 38.3. The van der Waals surface area contributed by atoms with Crippen molar-refractivity contribution < 1.29 is 18.3 Å². The van der Waals surface area contributed by atoms with Crippen LogP contribution in [0.2, 0.25) is 0 Å². The predicted octanol–water partition coefficient (Wildman–Crippen LogP) is 1.84. The summed E-state index contributed by atoms with van der Waals surface area (Å²) in [6, 6.07) is 0. The Labute approximate surface area is 85.5 Å². The average Bonchev–Trinajstić information content (AvgIpc) is 2.45. The van der Waals surface area contributed by atoms with Crippen molar-refractivity contribution in [3.63, 3.8) is 0 Å². The zero-order valence-electron chi connectivity index (χ0n) is 8.54. The summed E-state index contributed by atoms with van der Waals surface area (Å²) >= 11 is 0. The summed E-state index contributed by atoms with van der Waals surface area (Å²) in [7, 11) is 0. The molecule has 0 bridgehead atoms. The van der Waals surface area contributed by atoms with E-state index in [9.17, 15) is 13.2 Å². The monoisotopic (exact) mass is 222 g/mol. The summed E-state index contributed by atoms with van der Waals surface area (Å²) in [5.41, 5.74) is -0.750. The van der Waals surface area contributed by atoms with Crippen LogP contribution in [0.1, 0.15) is 18.2 Å². The second-order valence-electron chi connectivity index (χ2n) is 3.67. The minimum atomic E-state index is -4.40. The number of aryl methyl sites for hydroxylation is 1. The Bertz CT molecular complexity index is 333. The summed E-state index contributed by atoms with van der Waals surface area (Å²) in [5.74, 6) is -0.106. The maximum absolute atomic E-state index is 12.4. The minimum Gasteiger partial charge on any atom is -0.396 e. The Morgan fingerprint density at radius 1 is 1.53 bits per heavy atom. The van der Waals surface area contributed by atoms with E-state index in [0.717, 1.165) is 0 Å². The van der Waals surface area contributed by atoms with E-state index in [1.165, 1.54) is 17.8 Å². The van der Waals surface area contributed by atoms with Gasteiger partial charge in [0.2, 0.25) is 0 Å². The van der Waals surface area contributed by atoms with Crippen molar-refractivity contribution in [3.8, 4) is 0 Å². The van der Waals surface area contributed by atoms with E-state index < -0.39 is 11.9 Å². The molecule has 0 aliphatic carbocycles. The van der Waals surface area contributed by atoms with E-state index in [0.29, 0.717) is 0 Å². The molecule has 1 atom stereocenters. The van der Waals surface area contributed by atoms with E-state index in [1.54, 1.807) is 6.92 Å². The molecule has 15 heavy (non-hydrogen) atoms. The van der Waals surface area contributed by atoms with Crippen molar-refractivity contribution >= 4 is 0 Å². The van der Waals surface area contributed by atoms with Gasteiger partial charge in [-0.25, -0.2) is 0 Å². The lowest BCUT2D eigenvalue weighted by Gasteiger charge is -2.07. The maximum Gasteiger partial charge on any atom is 0.435 e. The minimum absolute atomic E-state index is 0.0692. The first-order valence-corrected chi connectivity index (χ1v) is 4.56. The van der Waals surface area contributed by atoms with Gasteiger partial charge in [-0.2, -0.15) is 18.3 Å². The second-order valence-corrected chi connectivity index (χ2v) is 3.67. The molecule has 0 aromatic carbocycles. The molecule has 1 aromatic rings. The number of halogens is 3. The van der Waals surface area contributed by atoms with E-state index in [1.807, 2.05) is 0 Å². The summed E-state index contributed by atoms with van der Waals surface area (Å²) in [6.45, 7) is 3.33. The summed E-state index contributed by atoms with van der Waals surface area (Å²) in [6.07, 6.45) is -3.06. The summed E-state index contributed by atoms with van der Waals surface area (Å²) in [4.78, 5) is 0. The normalized spacial score (nSPS) is 14.3. The van der Waals surface area contributed by atoms with Gasteiger partial charge in [-0.3, -0.25) is 4.68 Å². The fraction of sp³-hybridized carbons (Fsp3) is 0.667. The third-order valence-corrected chi connectivity index (χ3v) is 2.02. The van der Waals surface area contributed by atoms with Gasteiger partial charge < -0.3 is 5.11 Å². The Morgan fingerprint density at radius 2 is 2.13 bits per heavy atom. The molecule has 1 N–H and O–H groups in total. The number of aliphatic hydroxyl groups is 1. The molecule has 0 amide bonds. The van der Waals surface area contributed by atoms with Gasteiger partial charge in [0, 0.05) is 19.3 Å². The zero-order chi connectivity index (χ0) is 11.6. The van der Waals surface area contributed by atoms with E-state index in [2.05, 4.69) is 5.10 Å². The predicted molar refractivity (Wildman–Crippen MR) is 48.2 cm³/mol. The van der Waals surface area contributed by atoms with E-state index >= 15 is 0 Å². The molecule has 0 saturated heterocycles.